The minimum Gasteiger partial charge on any atom is -0.494 e. The highest BCUT2D eigenvalue weighted by Crippen LogP contribution is 2.35. The summed E-state index contributed by atoms with van der Waals surface area (Å²) in [6.45, 7) is 6.99. The molecule has 0 aliphatic rings. The lowest BCUT2D eigenvalue weighted by Gasteiger charge is -2.11. The Balaban J connectivity index is 1.76. The first kappa shape index (κ1) is 21.8. The Hall–Kier alpha value is -3.39. The van der Waals surface area contributed by atoms with Crippen molar-refractivity contribution < 1.29 is 18.7 Å². The first-order valence-electron chi connectivity index (χ1n) is 10.4. The highest BCUT2D eigenvalue weighted by Gasteiger charge is 2.23. The van der Waals surface area contributed by atoms with E-state index in [9.17, 15) is 9.18 Å². The van der Waals surface area contributed by atoms with Gasteiger partial charge in [-0.3, -0.25) is 4.40 Å². The quantitative estimate of drug-likeness (QED) is 0.347. The van der Waals surface area contributed by atoms with Crippen molar-refractivity contribution in [2.45, 2.75) is 27.3 Å². The summed E-state index contributed by atoms with van der Waals surface area (Å²) in [5.74, 6) is 0.924. The standard InChI is InChI=1S/C24H24FN3O3S/c1-4-30-19-12-8-17(9-13-19)20-22(26-14-16-6-10-18(25)11-7-16)28-15(3)21(23(29)31-5-2)32-24(28)27-20/h6-13,26H,4-5,14H2,1-3H3. The van der Waals surface area contributed by atoms with Gasteiger partial charge in [-0.15, -0.1) is 0 Å². The van der Waals surface area contributed by atoms with Crippen molar-refractivity contribution >= 4 is 28.1 Å². The van der Waals surface area contributed by atoms with Gasteiger partial charge in [0.2, 0.25) is 0 Å². The molecule has 0 bridgehead atoms. The summed E-state index contributed by atoms with van der Waals surface area (Å²) in [5, 5.41) is 3.44. The Kier molecular flexibility index (Phi) is 6.41. The number of ether oxygens (including phenoxy) is 2. The van der Waals surface area contributed by atoms with Gasteiger partial charge in [0, 0.05) is 17.8 Å². The summed E-state index contributed by atoms with van der Waals surface area (Å²) < 4.78 is 26.0. The van der Waals surface area contributed by atoms with Crippen LogP contribution < -0.4 is 10.1 Å². The predicted molar refractivity (Wildman–Crippen MR) is 124 cm³/mol. The zero-order valence-corrected chi connectivity index (χ0v) is 19.0. The topological polar surface area (TPSA) is 64.9 Å². The van der Waals surface area contributed by atoms with Crippen LogP contribution in [0.3, 0.4) is 0 Å². The van der Waals surface area contributed by atoms with E-state index in [4.69, 9.17) is 14.5 Å². The lowest BCUT2D eigenvalue weighted by Crippen LogP contribution is -2.07. The number of aromatic nitrogens is 2. The number of nitrogens with zero attached hydrogens (tertiary/aromatic N) is 2. The summed E-state index contributed by atoms with van der Waals surface area (Å²) in [7, 11) is 0. The van der Waals surface area contributed by atoms with E-state index in [-0.39, 0.29) is 11.8 Å². The van der Waals surface area contributed by atoms with E-state index in [0.717, 1.165) is 34.1 Å². The molecule has 0 aliphatic heterocycles. The molecule has 1 N–H and O–H groups in total. The monoisotopic (exact) mass is 453 g/mol. The van der Waals surface area contributed by atoms with Crippen LogP contribution in [0.4, 0.5) is 10.2 Å². The number of rotatable bonds is 8. The van der Waals surface area contributed by atoms with Gasteiger partial charge in [0.05, 0.1) is 13.2 Å². The highest BCUT2D eigenvalue weighted by molar-refractivity contribution is 7.19. The first-order valence-corrected chi connectivity index (χ1v) is 11.2. The van der Waals surface area contributed by atoms with Gasteiger partial charge >= 0.3 is 5.97 Å². The summed E-state index contributed by atoms with van der Waals surface area (Å²) in [6.07, 6.45) is 0. The first-order chi connectivity index (χ1) is 15.5. The number of thiazole rings is 1. The Bertz CT molecular complexity index is 1230. The van der Waals surface area contributed by atoms with Gasteiger partial charge in [-0.2, -0.15) is 0 Å². The molecule has 4 rings (SSSR count). The SMILES string of the molecule is CCOC(=O)c1sc2nc(-c3ccc(OCC)cc3)c(NCc3ccc(F)cc3)n2c1C. The number of carbonyl (C=O) groups is 1. The molecule has 2 aromatic heterocycles. The van der Waals surface area contributed by atoms with Crippen LogP contribution in [0.25, 0.3) is 16.2 Å². The van der Waals surface area contributed by atoms with E-state index in [2.05, 4.69) is 5.32 Å². The second-order valence-electron chi connectivity index (χ2n) is 7.10. The van der Waals surface area contributed by atoms with Crippen molar-refractivity contribution in [3.05, 3.63) is 70.5 Å². The third kappa shape index (κ3) is 4.31. The molecule has 32 heavy (non-hydrogen) atoms. The van der Waals surface area contributed by atoms with Crippen LogP contribution in [-0.2, 0) is 11.3 Å². The van der Waals surface area contributed by atoms with E-state index in [1.807, 2.05) is 42.5 Å². The van der Waals surface area contributed by atoms with Crippen LogP contribution in [0, 0.1) is 12.7 Å². The molecule has 0 radical (unpaired) electrons. The Morgan fingerprint density at radius 2 is 1.81 bits per heavy atom. The molecule has 2 heterocycles. The number of hydrogen-bond acceptors (Lipinski definition) is 6. The van der Waals surface area contributed by atoms with E-state index < -0.39 is 0 Å². The molecule has 0 aliphatic carbocycles. The second-order valence-corrected chi connectivity index (χ2v) is 8.08. The molecule has 166 valence electrons. The maximum Gasteiger partial charge on any atom is 0.350 e. The van der Waals surface area contributed by atoms with E-state index in [1.165, 1.54) is 23.5 Å². The number of nitrogens with one attached hydrogen (secondary N) is 1. The van der Waals surface area contributed by atoms with Crippen LogP contribution in [0.5, 0.6) is 5.75 Å². The van der Waals surface area contributed by atoms with Crippen LogP contribution in [0.1, 0.15) is 34.8 Å². The minimum atomic E-state index is -0.354. The fourth-order valence-electron chi connectivity index (χ4n) is 3.46. The molecule has 0 saturated carbocycles. The molecule has 2 aromatic carbocycles. The van der Waals surface area contributed by atoms with E-state index in [1.54, 1.807) is 19.1 Å². The number of fused-ring (bicyclic) bond motifs is 1. The summed E-state index contributed by atoms with van der Waals surface area (Å²) in [4.78, 5) is 18.4. The van der Waals surface area contributed by atoms with Gasteiger partial charge in [0.1, 0.15) is 28.0 Å². The minimum absolute atomic E-state index is 0.275. The molecular weight excluding hydrogens is 429 g/mol. The van der Waals surface area contributed by atoms with Crippen LogP contribution >= 0.6 is 11.3 Å². The number of hydrogen-bond donors (Lipinski definition) is 1. The van der Waals surface area contributed by atoms with Crippen molar-refractivity contribution in [1.82, 2.24) is 9.38 Å². The highest BCUT2D eigenvalue weighted by atomic mass is 32.1. The summed E-state index contributed by atoms with van der Waals surface area (Å²) in [6, 6.07) is 14.1. The molecule has 0 atom stereocenters. The molecule has 8 heteroatoms. The molecule has 0 unspecified atom stereocenters. The number of carbonyl (C=O) groups excluding carboxylic acids is 1. The van der Waals surface area contributed by atoms with Crippen LogP contribution in [0.2, 0.25) is 0 Å². The summed E-state index contributed by atoms with van der Waals surface area (Å²) in [5.41, 5.74) is 3.37. The third-order valence-corrected chi connectivity index (χ3v) is 6.10. The van der Waals surface area contributed by atoms with Crippen molar-refractivity contribution in [2.75, 3.05) is 18.5 Å². The normalized spacial score (nSPS) is 11.0. The number of benzene rings is 2. The Morgan fingerprint density at radius 3 is 2.47 bits per heavy atom. The maximum atomic E-state index is 13.3. The van der Waals surface area contributed by atoms with Gasteiger partial charge in [-0.05, 0) is 62.7 Å². The average molecular weight is 454 g/mol. The fourth-order valence-corrected chi connectivity index (χ4v) is 4.48. The number of aryl methyl sites for hydroxylation is 1. The van der Waals surface area contributed by atoms with Gasteiger partial charge in [0.25, 0.3) is 0 Å². The smallest absolute Gasteiger partial charge is 0.350 e. The van der Waals surface area contributed by atoms with Gasteiger partial charge in [0.15, 0.2) is 4.96 Å². The van der Waals surface area contributed by atoms with Gasteiger partial charge < -0.3 is 14.8 Å². The van der Waals surface area contributed by atoms with Crippen molar-refractivity contribution in [2.24, 2.45) is 0 Å². The number of imidazole rings is 1. The fraction of sp³-hybridized carbons (Fsp3) is 0.250. The van der Waals surface area contributed by atoms with Crippen molar-refractivity contribution in [3.63, 3.8) is 0 Å². The number of esters is 1. The second kappa shape index (κ2) is 9.40. The number of halogens is 1. The molecule has 4 aromatic rings. The molecule has 0 amide bonds. The van der Waals surface area contributed by atoms with Crippen LogP contribution in [0.15, 0.2) is 48.5 Å². The van der Waals surface area contributed by atoms with Gasteiger partial charge in [-0.25, -0.2) is 14.2 Å². The zero-order chi connectivity index (χ0) is 22.7. The molecule has 6 nitrogen and oxygen atoms in total. The molecular formula is C24H24FN3O3S. The largest absolute Gasteiger partial charge is 0.494 e. The molecule has 0 spiro atoms. The zero-order valence-electron chi connectivity index (χ0n) is 18.1. The third-order valence-electron chi connectivity index (χ3n) is 4.98. The van der Waals surface area contributed by atoms with Crippen molar-refractivity contribution in [3.8, 4) is 17.0 Å². The van der Waals surface area contributed by atoms with Crippen LogP contribution in [-0.4, -0.2) is 28.6 Å². The molecule has 0 fully saturated rings. The Labute approximate surface area is 189 Å². The molecule has 0 saturated heterocycles. The van der Waals surface area contributed by atoms with Gasteiger partial charge in [-0.1, -0.05) is 23.5 Å². The summed E-state index contributed by atoms with van der Waals surface area (Å²) >= 11 is 1.30. The van der Waals surface area contributed by atoms with E-state index >= 15 is 0 Å². The number of anilines is 1. The average Bonchev–Trinajstić information content (AvgIpc) is 3.31. The van der Waals surface area contributed by atoms with Crippen molar-refractivity contribution in [1.29, 1.82) is 0 Å². The maximum absolute atomic E-state index is 13.3. The lowest BCUT2D eigenvalue weighted by molar-refractivity contribution is 0.0531. The van der Waals surface area contributed by atoms with E-state index in [0.29, 0.717) is 29.6 Å². The lowest BCUT2D eigenvalue weighted by atomic mass is 10.1. The Morgan fingerprint density at radius 1 is 1.09 bits per heavy atom. The predicted octanol–water partition coefficient (Wildman–Crippen LogP) is 5.70.